The Kier molecular flexibility index (Phi) is 3.59. The Bertz CT molecular complexity index is 329. The maximum absolute atomic E-state index is 11.8. The summed E-state index contributed by atoms with van der Waals surface area (Å²) >= 11 is 0. The summed E-state index contributed by atoms with van der Waals surface area (Å²) in [5, 5.41) is 9.19. The highest BCUT2D eigenvalue weighted by molar-refractivity contribution is 6.59. The molecule has 0 spiro atoms. The minimum Gasteiger partial charge on any atom is -0.423 e. The molecule has 3 nitrogen and oxygen atoms in total. The highest BCUT2D eigenvalue weighted by atomic mass is 19.4. The van der Waals surface area contributed by atoms with Crippen molar-refractivity contribution in [1.82, 2.24) is 0 Å². The van der Waals surface area contributed by atoms with E-state index in [2.05, 4.69) is 9.39 Å². The molecule has 0 fully saturated rings. The number of hydrogen-bond acceptors (Lipinski definition) is 3. The van der Waals surface area contributed by atoms with Crippen molar-refractivity contribution in [3.8, 4) is 5.75 Å². The molecular formula is C8H8BF3O3. The Labute approximate surface area is 84.6 Å². The van der Waals surface area contributed by atoms with Gasteiger partial charge in [0.05, 0.1) is 0 Å². The lowest BCUT2D eigenvalue weighted by Gasteiger charge is -2.10. The van der Waals surface area contributed by atoms with E-state index in [1.165, 1.54) is 19.2 Å². The Morgan fingerprint density at radius 1 is 1.33 bits per heavy atom. The summed E-state index contributed by atoms with van der Waals surface area (Å²) in [6.45, 7) is 0. The van der Waals surface area contributed by atoms with E-state index >= 15 is 0 Å². The Hall–Kier alpha value is -1.21. The van der Waals surface area contributed by atoms with Gasteiger partial charge in [0.2, 0.25) is 0 Å². The summed E-state index contributed by atoms with van der Waals surface area (Å²) in [6.07, 6.45) is -4.74. The monoisotopic (exact) mass is 220 g/mol. The van der Waals surface area contributed by atoms with Gasteiger partial charge in [-0.2, -0.15) is 0 Å². The molecule has 0 aromatic heterocycles. The third kappa shape index (κ3) is 3.81. The van der Waals surface area contributed by atoms with Gasteiger partial charge in [-0.25, -0.2) is 0 Å². The van der Waals surface area contributed by atoms with E-state index in [1.807, 2.05) is 0 Å². The topological polar surface area (TPSA) is 38.7 Å². The molecule has 0 aliphatic carbocycles. The zero-order chi connectivity index (χ0) is 11.5. The van der Waals surface area contributed by atoms with Crippen LogP contribution in [0.15, 0.2) is 24.3 Å². The molecule has 0 atom stereocenters. The first-order chi connectivity index (χ1) is 6.92. The van der Waals surface area contributed by atoms with Crippen LogP contribution in [0.1, 0.15) is 0 Å². The third-order valence-electron chi connectivity index (χ3n) is 1.60. The Morgan fingerprint density at radius 3 is 2.53 bits per heavy atom. The van der Waals surface area contributed by atoms with Crippen LogP contribution >= 0.6 is 0 Å². The van der Waals surface area contributed by atoms with E-state index in [1.54, 1.807) is 0 Å². The van der Waals surface area contributed by atoms with Gasteiger partial charge in [-0.1, -0.05) is 12.1 Å². The van der Waals surface area contributed by atoms with Crippen LogP contribution in [0, 0.1) is 0 Å². The van der Waals surface area contributed by atoms with E-state index < -0.39 is 19.2 Å². The van der Waals surface area contributed by atoms with Gasteiger partial charge < -0.3 is 14.4 Å². The Morgan fingerprint density at radius 2 is 2.00 bits per heavy atom. The average Bonchev–Trinajstić information content (AvgIpc) is 2.14. The molecule has 0 aliphatic heterocycles. The van der Waals surface area contributed by atoms with Gasteiger partial charge in [0.25, 0.3) is 0 Å². The molecular weight excluding hydrogens is 212 g/mol. The van der Waals surface area contributed by atoms with Crippen molar-refractivity contribution in [2.75, 3.05) is 7.11 Å². The molecule has 15 heavy (non-hydrogen) atoms. The molecule has 0 unspecified atom stereocenters. The van der Waals surface area contributed by atoms with Gasteiger partial charge in [-0.05, 0) is 17.6 Å². The van der Waals surface area contributed by atoms with Crippen LogP contribution in [-0.4, -0.2) is 25.6 Å². The van der Waals surface area contributed by atoms with Crippen LogP contribution in [0.25, 0.3) is 0 Å². The fraction of sp³-hybridized carbons (Fsp3) is 0.250. The van der Waals surface area contributed by atoms with Crippen molar-refractivity contribution in [2.24, 2.45) is 0 Å². The Balaban J connectivity index is 2.83. The van der Waals surface area contributed by atoms with Gasteiger partial charge in [0.15, 0.2) is 0 Å². The van der Waals surface area contributed by atoms with Crippen molar-refractivity contribution in [3.63, 3.8) is 0 Å². The lowest BCUT2D eigenvalue weighted by molar-refractivity contribution is -0.274. The molecule has 0 aliphatic rings. The van der Waals surface area contributed by atoms with Crippen molar-refractivity contribution >= 4 is 12.6 Å². The van der Waals surface area contributed by atoms with E-state index in [4.69, 9.17) is 0 Å². The molecule has 0 bridgehead atoms. The maximum atomic E-state index is 11.8. The first kappa shape index (κ1) is 11.9. The van der Waals surface area contributed by atoms with Gasteiger partial charge in [0, 0.05) is 7.11 Å². The molecule has 1 aromatic rings. The normalized spacial score (nSPS) is 11.3. The van der Waals surface area contributed by atoms with Crippen LogP contribution in [0.4, 0.5) is 13.2 Å². The molecule has 0 radical (unpaired) electrons. The largest absolute Gasteiger partial charge is 0.573 e. The van der Waals surface area contributed by atoms with Crippen LogP contribution in [0.3, 0.4) is 0 Å². The van der Waals surface area contributed by atoms with Crippen molar-refractivity contribution in [2.45, 2.75) is 6.36 Å². The average molecular weight is 220 g/mol. The van der Waals surface area contributed by atoms with E-state index in [0.717, 1.165) is 12.1 Å². The third-order valence-corrected chi connectivity index (χ3v) is 1.60. The molecule has 0 saturated carbocycles. The minimum atomic E-state index is -4.74. The number of benzene rings is 1. The molecule has 7 heteroatoms. The van der Waals surface area contributed by atoms with E-state index in [9.17, 15) is 18.2 Å². The van der Waals surface area contributed by atoms with Gasteiger partial charge >= 0.3 is 13.5 Å². The number of hydrogen-bond donors (Lipinski definition) is 1. The lowest BCUT2D eigenvalue weighted by atomic mass is 9.80. The maximum Gasteiger partial charge on any atom is 0.573 e. The number of ether oxygens (including phenoxy) is 1. The van der Waals surface area contributed by atoms with Crippen molar-refractivity contribution in [1.29, 1.82) is 0 Å². The smallest absolute Gasteiger partial charge is 0.423 e. The molecule has 1 rings (SSSR count). The molecule has 82 valence electrons. The number of rotatable bonds is 3. The first-order valence-electron chi connectivity index (χ1n) is 3.99. The van der Waals surface area contributed by atoms with Crippen LogP contribution in [0.5, 0.6) is 5.75 Å². The SMILES string of the molecule is COB(O)c1cccc(OC(F)(F)F)c1. The highest BCUT2D eigenvalue weighted by Crippen LogP contribution is 2.21. The second kappa shape index (κ2) is 4.54. The predicted molar refractivity (Wildman–Crippen MR) is 47.7 cm³/mol. The fourth-order valence-corrected chi connectivity index (χ4v) is 1.00. The molecule has 0 saturated heterocycles. The minimum absolute atomic E-state index is 0.194. The van der Waals surface area contributed by atoms with E-state index in [0.29, 0.717) is 0 Å². The second-order valence-electron chi connectivity index (χ2n) is 2.71. The first-order valence-corrected chi connectivity index (χ1v) is 3.99. The summed E-state index contributed by atoms with van der Waals surface area (Å²) in [4.78, 5) is 0. The zero-order valence-electron chi connectivity index (χ0n) is 7.78. The van der Waals surface area contributed by atoms with E-state index in [-0.39, 0.29) is 5.46 Å². The quantitative estimate of drug-likeness (QED) is 0.769. The zero-order valence-corrected chi connectivity index (χ0v) is 7.78. The molecule has 1 aromatic carbocycles. The number of halogens is 3. The van der Waals surface area contributed by atoms with Gasteiger partial charge in [-0.3, -0.25) is 0 Å². The molecule has 0 amide bonds. The standard InChI is InChI=1S/C8H8BF3O3/c1-14-9(13)6-3-2-4-7(5-6)15-8(10,11)12/h2-5,13H,1H3. The summed E-state index contributed by atoms with van der Waals surface area (Å²) in [6, 6.07) is 4.96. The summed E-state index contributed by atoms with van der Waals surface area (Å²) in [5.74, 6) is -0.392. The summed E-state index contributed by atoms with van der Waals surface area (Å²) < 4.78 is 43.7. The number of alkyl halides is 3. The van der Waals surface area contributed by atoms with Crippen LogP contribution in [0.2, 0.25) is 0 Å². The highest BCUT2D eigenvalue weighted by Gasteiger charge is 2.31. The van der Waals surface area contributed by atoms with Crippen LogP contribution < -0.4 is 10.2 Å². The lowest BCUT2D eigenvalue weighted by Crippen LogP contribution is -2.32. The molecule has 0 heterocycles. The van der Waals surface area contributed by atoms with Gasteiger partial charge in [-0.15, -0.1) is 13.2 Å². The van der Waals surface area contributed by atoms with Gasteiger partial charge in [0.1, 0.15) is 5.75 Å². The van der Waals surface area contributed by atoms with Crippen molar-refractivity contribution < 1.29 is 27.6 Å². The summed E-state index contributed by atoms with van der Waals surface area (Å²) in [5.41, 5.74) is 0.194. The van der Waals surface area contributed by atoms with Crippen molar-refractivity contribution in [3.05, 3.63) is 24.3 Å². The summed E-state index contributed by atoms with van der Waals surface area (Å²) in [7, 11) is -0.0242. The fourth-order valence-electron chi connectivity index (χ4n) is 1.00. The predicted octanol–water partition coefficient (Wildman–Crippen LogP) is 0.919. The van der Waals surface area contributed by atoms with Crippen LogP contribution in [-0.2, 0) is 4.65 Å². The second-order valence-corrected chi connectivity index (χ2v) is 2.71. The molecule has 1 N–H and O–H groups in total.